The van der Waals surface area contributed by atoms with Crippen molar-refractivity contribution in [3.8, 4) is 0 Å². The molecular formula is C25H18Cl3NO. The molecule has 5 rings (SSSR count). The molecule has 3 unspecified atom stereocenters. The van der Waals surface area contributed by atoms with Crippen molar-refractivity contribution in [1.29, 1.82) is 0 Å². The van der Waals surface area contributed by atoms with E-state index in [1.54, 1.807) is 12.1 Å². The van der Waals surface area contributed by atoms with Crippen molar-refractivity contribution in [3.63, 3.8) is 0 Å². The second-order valence-electron chi connectivity index (χ2n) is 7.75. The van der Waals surface area contributed by atoms with Crippen molar-refractivity contribution in [2.24, 2.45) is 5.92 Å². The fraction of sp³-hybridized carbons (Fsp3) is 0.160. The molecule has 150 valence electrons. The minimum Gasteiger partial charge on any atom is -0.377 e. The summed E-state index contributed by atoms with van der Waals surface area (Å²) in [5.41, 5.74) is 4.09. The molecule has 30 heavy (non-hydrogen) atoms. The molecule has 0 fully saturated rings. The Kier molecular flexibility index (Phi) is 5.10. The summed E-state index contributed by atoms with van der Waals surface area (Å²) in [7, 11) is 0. The summed E-state index contributed by atoms with van der Waals surface area (Å²) in [6.07, 6.45) is 5.34. The van der Waals surface area contributed by atoms with Crippen molar-refractivity contribution in [2.45, 2.75) is 18.4 Å². The summed E-state index contributed by atoms with van der Waals surface area (Å²) < 4.78 is 0. The SMILES string of the molecule is O=C(c1ccccc1)c1cc(Cl)cc2c1NC(c1ccc(Cl)cc1Cl)C1CC=CC21. The van der Waals surface area contributed by atoms with Crippen LogP contribution in [-0.2, 0) is 0 Å². The number of ketones is 1. The Balaban J connectivity index is 1.66. The minimum atomic E-state index is -0.0526. The summed E-state index contributed by atoms with van der Waals surface area (Å²) in [4.78, 5) is 13.4. The molecule has 0 spiro atoms. The Hall–Kier alpha value is -2.26. The topological polar surface area (TPSA) is 29.1 Å². The van der Waals surface area contributed by atoms with E-state index in [4.69, 9.17) is 34.8 Å². The van der Waals surface area contributed by atoms with Gasteiger partial charge in [0, 0.05) is 37.8 Å². The highest BCUT2D eigenvalue weighted by molar-refractivity contribution is 6.35. The van der Waals surface area contributed by atoms with E-state index in [-0.39, 0.29) is 23.7 Å². The van der Waals surface area contributed by atoms with E-state index in [0.717, 1.165) is 23.2 Å². The van der Waals surface area contributed by atoms with Crippen molar-refractivity contribution in [2.75, 3.05) is 5.32 Å². The van der Waals surface area contributed by atoms with E-state index in [1.807, 2.05) is 48.5 Å². The van der Waals surface area contributed by atoms with Crippen LogP contribution in [-0.4, -0.2) is 5.78 Å². The van der Waals surface area contributed by atoms with Gasteiger partial charge < -0.3 is 5.32 Å². The fourth-order valence-corrected chi connectivity index (χ4v) is 5.40. The molecule has 0 saturated heterocycles. The van der Waals surface area contributed by atoms with E-state index in [2.05, 4.69) is 17.5 Å². The Morgan fingerprint density at radius 3 is 2.47 bits per heavy atom. The Labute approximate surface area is 190 Å². The lowest BCUT2D eigenvalue weighted by Gasteiger charge is -2.39. The monoisotopic (exact) mass is 453 g/mol. The van der Waals surface area contributed by atoms with Crippen LogP contribution in [0.5, 0.6) is 0 Å². The molecule has 0 radical (unpaired) electrons. The number of hydrogen-bond acceptors (Lipinski definition) is 2. The molecule has 1 aliphatic carbocycles. The lowest BCUT2D eigenvalue weighted by atomic mass is 9.76. The third-order valence-corrected chi connectivity index (χ3v) is 6.79. The van der Waals surface area contributed by atoms with Crippen molar-refractivity contribution in [1.82, 2.24) is 0 Å². The third-order valence-electron chi connectivity index (χ3n) is 6.01. The first-order chi connectivity index (χ1) is 14.5. The molecule has 2 nitrogen and oxygen atoms in total. The van der Waals surface area contributed by atoms with E-state index in [9.17, 15) is 4.79 Å². The van der Waals surface area contributed by atoms with Gasteiger partial charge in [-0.15, -0.1) is 0 Å². The molecule has 3 atom stereocenters. The van der Waals surface area contributed by atoms with E-state index >= 15 is 0 Å². The van der Waals surface area contributed by atoms with E-state index in [0.29, 0.717) is 26.2 Å². The largest absolute Gasteiger partial charge is 0.377 e. The maximum atomic E-state index is 13.4. The van der Waals surface area contributed by atoms with Crippen molar-refractivity contribution < 1.29 is 4.79 Å². The zero-order valence-electron chi connectivity index (χ0n) is 15.9. The quantitative estimate of drug-likeness (QED) is 0.324. The summed E-state index contributed by atoms with van der Waals surface area (Å²) in [6, 6.07) is 18.6. The van der Waals surface area contributed by atoms with Gasteiger partial charge in [-0.2, -0.15) is 0 Å². The molecule has 2 aliphatic rings. The predicted molar refractivity (Wildman–Crippen MR) is 124 cm³/mol. The highest BCUT2D eigenvalue weighted by Gasteiger charge is 2.40. The second-order valence-corrected chi connectivity index (χ2v) is 9.03. The summed E-state index contributed by atoms with van der Waals surface area (Å²) in [5.74, 6) is 0.400. The van der Waals surface area contributed by atoms with Gasteiger partial charge in [0.1, 0.15) is 0 Å². The van der Waals surface area contributed by atoms with Gasteiger partial charge in [0.25, 0.3) is 0 Å². The van der Waals surface area contributed by atoms with Gasteiger partial charge in [-0.3, -0.25) is 4.79 Å². The maximum Gasteiger partial charge on any atom is 0.195 e. The number of anilines is 1. The molecule has 0 bridgehead atoms. The average molecular weight is 455 g/mol. The molecule has 0 amide bonds. The number of benzene rings is 3. The van der Waals surface area contributed by atoms with Gasteiger partial charge in [0.15, 0.2) is 5.78 Å². The molecule has 5 heteroatoms. The van der Waals surface area contributed by atoms with Crippen molar-refractivity contribution in [3.05, 3.63) is 110 Å². The number of nitrogens with one attached hydrogen (secondary N) is 1. The Morgan fingerprint density at radius 2 is 1.70 bits per heavy atom. The third kappa shape index (κ3) is 3.33. The molecule has 1 heterocycles. The average Bonchev–Trinajstić information content (AvgIpc) is 3.24. The molecular weight excluding hydrogens is 437 g/mol. The van der Waals surface area contributed by atoms with Crippen LogP contribution in [0.1, 0.15) is 45.4 Å². The predicted octanol–water partition coefficient (Wildman–Crippen LogP) is 7.70. The van der Waals surface area contributed by atoms with E-state index < -0.39 is 0 Å². The lowest BCUT2D eigenvalue weighted by Crippen LogP contribution is -2.30. The zero-order chi connectivity index (χ0) is 20.8. The second kappa shape index (κ2) is 7.77. The fourth-order valence-electron chi connectivity index (χ4n) is 4.65. The lowest BCUT2D eigenvalue weighted by molar-refractivity contribution is 0.103. The molecule has 1 aliphatic heterocycles. The van der Waals surface area contributed by atoms with Crippen LogP contribution in [0.2, 0.25) is 15.1 Å². The highest BCUT2D eigenvalue weighted by Crippen LogP contribution is 2.52. The molecule has 3 aromatic carbocycles. The van der Waals surface area contributed by atoms with Crippen LogP contribution >= 0.6 is 34.8 Å². The number of carbonyl (C=O) groups excluding carboxylic acids is 1. The highest BCUT2D eigenvalue weighted by atomic mass is 35.5. The first kappa shape index (κ1) is 19.7. The molecule has 0 saturated carbocycles. The molecule has 3 aromatic rings. The first-order valence-electron chi connectivity index (χ1n) is 9.84. The van der Waals surface area contributed by atoms with Crippen LogP contribution in [0.4, 0.5) is 5.69 Å². The summed E-state index contributed by atoms with van der Waals surface area (Å²) in [6.45, 7) is 0. The number of hydrogen-bond donors (Lipinski definition) is 1. The Bertz CT molecular complexity index is 1170. The number of fused-ring (bicyclic) bond motifs is 3. The van der Waals surface area contributed by atoms with Gasteiger partial charge >= 0.3 is 0 Å². The molecule has 0 aromatic heterocycles. The maximum absolute atomic E-state index is 13.4. The number of rotatable bonds is 3. The van der Waals surface area contributed by atoms with Crippen LogP contribution in [0.15, 0.2) is 72.8 Å². The summed E-state index contributed by atoms with van der Waals surface area (Å²) in [5, 5.41) is 5.44. The normalized spacial score (nSPS) is 21.6. The van der Waals surface area contributed by atoms with Crippen LogP contribution in [0.25, 0.3) is 0 Å². The number of carbonyl (C=O) groups is 1. The first-order valence-corrected chi connectivity index (χ1v) is 11.0. The number of allylic oxidation sites excluding steroid dienone is 2. The Morgan fingerprint density at radius 1 is 0.900 bits per heavy atom. The number of halogens is 3. The van der Waals surface area contributed by atoms with Crippen LogP contribution < -0.4 is 5.32 Å². The van der Waals surface area contributed by atoms with Crippen LogP contribution in [0, 0.1) is 5.92 Å². The smallest absolute Gasteiger partial charge is 0.195 e. The minimum absolute atomic E-state index is 0.0363. The van der Waals surface area contributed by atoms with Crippen LogP contribution in [0.3, 0.4) is 0 Å². The van der Waals surface area contributed by atoms with Crippen molar-refractivity contribution >= 4 is 46.3 Å². The summed E-state index contributed by atoms with van der Waals surface area (Å²) >= 11 is 19.2. The van der Waals surface area contributed by atoms with E-state index in [1.165, 1.54) is 0 Å². The molecule has 1 N–H and O–H groups in total. The van der Waals surface area contributed by atoms with Gasteiger partial charge in [-0.25, -0.2) is 0 Å². The zero-order valence-corrected chi connectivity index (χ0v) is 18.2. The van der Waals surface area contributed by atoms with Gasteiger partial charge in [0.05, 0.1) is 6.04 Å². The standard InChI is InChI=1S/C25H18Cl3NO/c26-15-9-10-19(22(28)13-15)23-18-8-4-7-17(18)20-11-16(27)12-21(24(20)29-23)25(30)14-5-2-1-3-6-14/h1-7,9-13,17-18,23,29H,8H2. The van der Waals surface area contributed by atoms with Gasteiger partial charge in [0.2, 0.25) is 0 Å². The van der Waals surface area contributed by atoms with Gasteiger partial charge in [-0.05, 0) is 47.7 Å². The van der Waals surface area contributed by atoms with Gasteiger partial charge in [-0.1, -0.05) is 83.4 Å².